The van der Waals surface area contributed by atoms with Gasteiger partial charge in [-0.1, -0.05) is 112 Å². The quantitative estimate of drug-likeness (QED) is 0.172. The SMILES string of the molecule is CC(/C=C\C=C(C)\C=C\[C@@]12O[C@]1(C)C[C@@H](O)CC2(C)C)=C\C=C/CC(C)/C=C/C=C(\C)CC[C@@]12O[C@]1(C)C[C@@H](O)CC2(C)C. The van der Waals surface area contributed by atoms with Gasteiger partial charge in [0, 0.05) is 18.3 Å². The van der Waals surface area contributed by atoms with E-state index in [9.17, 15) is 10.2 Å². The fourth-order valence-electron chi connectivity index (χ4n) is 8.59. The van der Waals surface area contributed by atoms with Gasteiger partial charge in [-0.2, -0.15) is 0 Å². The van der Waals surface area contributed by atoms with Gasteiger partial charge >= 0.3 is 0 Å². The van der Waals surface area contributed by atoms with E-state index in [2.05, 4.69) is 136 Å². The number of allylic oxidation sites excluding steroid dienone is 13. The summed E-state index contributed by atoms with van der Waals surface area (Å²) < 4.78 is 12.6. The summed E-state index contributed by atoms with van der Waals surface area (Å²) in [6.45, 7) is 21.9. The van der Waals surface area contributed by atoms with Crippen LogP contribution in [0, 0.1) is 16.7 Å². The molecule has 0 bridgehead atoms. The molecule has 4 heteroatoms. The smallest absolute Gasteiger partial charge is 0.121 e. The third-order valence-corrected chi connectivity index (χ3v) is 11.2. The Morgan fingerprint density at radius 1 is 0.750 bits per heavy atom. The monoisotopic (exact) mass is 604 g/mol. The van der Waals surface area contributed by atoms with E-state index >= 15 is 0 Å². The highest BCUT2D eigenvalue weighted by atomic mass is 16.6. The summed E-state index contributed by atoms with van der Waals surface area (Å²) in [5.74, 6) is 0.471. The van der Waals surface area contributed by atoms with Crippen molar-refractivity contribution in [3.8, 4) is 0 Å². The lowest BCUT2D eigenvalue weighted by Crippen LogP contribution is -2.47. The first-order valence-corrected chi connectivity index (χ1v) is 16.9. The van der Waals surface area contributed by atoms with E-state index in [-0.39, 0.29) is 45.4 Å². The molecule has 0 aromatic carbocycles. The minimum Gasteiger partial charge on any atom is -0.393 e. The summed E-state index contributed by atoms with van der Waals surface area (Å²) in [4.78, 5) is 0. The molecule has 7 atom stereocenters. The van der Waals surface area contributed by atoms with E-state index in [1.54, 1.807) is 0 Å². The molecule has 1 unspecified atom stereocenters. The lowest BCUT2D eigenvalue weighted by atomic mass is 9.61. The standard InChI is InChI=1S/C40H60O4/c1-29(17-13-19-31(3)21-23-39-35(5,6)25-33(41)27-37(39,9)43-39)15-11-12-16-30(2)18-14-20-32(4)22-24-40-36(7,8)26-34(42)28-38(40,10)44-40/h11-15,17-21,23,30,33-34,41-42H,16,22,24-28H2,1-10H3/b12-11-,17-13-,18-14+,23-21+,29-15+,31-19+,32-20+/t30?,33-,34-,37+,38+,39-,40-/m0/s1. The average Bonchev–Trinajstić information content (AvgIpc) is 3.73. The Morgan fingerprint density at radius 3 is 2.02 bits per heavy atom. The van der Waals surface area contributed by atoms with Crippen molar-refractivity contribution in [2.24, 2.45) is 16.7 Å². The van der Waals surface area contributed by atoms with Gasteiger partial charge in [0.1, 0.15) is 16.8 Å². The zero-order valence-corrected chi connectivity index (χ0v) is 29.2. The molecule has 2 heterocycles. The minimum absolute atomic E-state index is 0.000994. The van der Waals surface area contributed by atoms with Crippen molar-refractivity contribution in [3.05, 3.63) is 83.6 Å². The van der Waals surface area contributed by atoms with Crippen LogP contribution < -0.4 is 0 Å². The topological polar surface area (TPSA) is 65.5 Å². The molecular weight excluding hydrogens is 544 g/mol. The highest BCUT2D eigenvalue weighted by Gasteiger charge is 2.75. The molecule has 4 nitrogen and oxygen atoms in total. The molecular formula is C40H60O4. The molecule has 2 aliphatic heterocycles. The van der Waals surface area contributed by atoms with Gasteiger partial charge in [0.2, 0.25) is 0 Å². The zero-order valence-electron chi connectivity index (χ0n) is 29.2. The number of fused-ring (bicyclic) bond motifs is 2. The molecule has 44 heavy (non-hydrogen) atoms. The molecule has 2 saturated carbocycles. The highest BCUT2D eigenvalue weighted by molar-refractivity contribution is 5.36. The molecule has 0 amide bonds. The maximum atomic E-state index is 10.3. The largest absolute Gasteiger partial charge is 0.393 e. The first-order valence-electron chi connectivity index (χ1n) is 16.9. The van der Waals surface area contributed by atoms with Crippen molar-refractivity contribution in [2.75, 3.05) is 0 Å². The molecule has 0 aromatic rings. The van der Waals surface area contributed by atoms with Crippen molar-refractivity contribution in [2.45, 2.75) is 149 Å². The van der Waals surface area contributed by atoms with Gasteiger partial charge in [0.25, 0.3) is 0 Å². The molecule has 2 N–H and O–H groups in total. The van der Waals surface area contributed by atoms with Gasteiger partial charge in [-0.25, -0.2) is 0 Å². The van der Waals surface area contributed by atoms with Crippen LogP contribution in [0.3, 0.4) is 0 Å². The Bertz CT molecular complexity index is 1270. The Balaban J connectivity index is 1.19. The molecule has 0 aromatic heterocycles. The Kier molecular flexibility index (Phi) is 10.0. The summed E-state index contributed by atoms with van der Waals surface area (Å²) in [5.41, 5.74) is 2.85. The number of hydrogen-bond donors (Lipinski definition) is 2. The molecule has 244 valence electrons. The number of rotatable bonds is 12. The van der Waals surface area contributed by atoms with Crippen LogP contribution in [0.2, 0.25) is 0 Å². The van der Waals surface area contributed by atoms with Gasteiger partial charge in [-0.05, 0) is 84.1 Å². The summed E-state index contributed by atoms with van der Waals surface area (Å²) >= 11 is 0. The third kappa shape index (κ3) is 7.04. The van der Waals surface area contributed by atoms with Gasteiger partial charge < -0.3 is 19.7 Å². The van der Waals surface area contributed by atoms with Crippen molar-refractivity contribution >= 4 is 0 Å². The fourth-order valence-corrected chi connectivity index (χ4v) is 8.59. The Labute approximate surface area is 268 Å². The van der Waals surface area contributed by atoms with Gasteiger partial charge in [0.05, 0.1) is 17.8 Å². The molecule has 2 saturated heterocycles. The second kappa shape index (κ2) is 12.7. The van der Waals surface area contributed by atoms with E-state index in [0.717, 1.165) is 38.5 Å². The van der Waals surface area contributed by atoms with E-state index < -0.39 is 0 Å². The summed E-state index contributed by atoms with van der Waals surface area (Å²) in [7, 11) is 0. The average molecular weight is 605 g/mol. The van der Waals surface area contributed by atoms with Crippen molar-refractivity contribution in [1.29, 1.82) is 0 Å². The number of hydrogen-bond acceptors (Lipinski definition) is 4. The van der Waals surface area contributed by atoms with Gasteiger partial charge in [-0.15, -0.1) is 0 Å². The van der Waals surface area contributed by atoms with Gasteiger partial charge in [0.15, 0.2) is 0 Å². The van der Waals surface area contributed by atoms with E-state index in [0.29, 0.717) is 12.3 Å². The van der Waals surface area contributed by atoms with E-state index in [1.807, 2.05) is 0 Å². The summed E-state index contributed by atoms with van der Waals surface area (Å²) in [6.07, 6.45) is 29.6. The second-order valence-electron chi connectivity index (χ2n) is 16.2. The van der Waals surface area contributed by atoms with Crippen LogP contribution in [-0.2, 0) is 9.47 Å². The number of ether oxygens (including phenoxy) is 2. The minimum atomic E-state index is -0.286. The summed E-state index contributed by atoms with van der Waals surface area (Å²) in [5, 5.41) is 20.5. The van der Waals surface area contributed by atoms with Crippen molar-refractivity contribution in [1.82, 2.24) is 0 Å². The molecule has 2 aliphatic carbocycles. The first kappa shape index (κ1) is 34.9. The van der Waals surface area contributed by atoms with Crippen LogP contribution >= 0.6 is 0 Å². The van der Waals surface area contributed by atoms with E-state index in [4.69, 9.17) is 9.47 Å². The molecule has 4 rings (SSSR count). The second-order valence-corrected chi connectivity index (χ2v) is 16.2. The number of aliphatic hydroxyl groups is 2. The summed E-state index contributed by atoms with van der Waals surface area (Å²) in [6, 6.07) is 0. The van der Waals surface area contributed by atoms with Crippen LogP contribution in [0.25, 0.3) is 0 Å². The third-order valence-electron chi connectivity index (χ3n) is 11.2. The predicted molar refractivity (Wildman–Crippen MR) is 183 cm³/mol. The van der Waals surface area contributed by atoms with E-state index in [1.165, 1.54) is 16.7 Å². The fraction of sp³-hybridized carbons (Fsp3) is 0.650. The maximum Gasteiger partial charge on any atom is 0.121 e. The van der Waals surface area contributed by atoms with Crippen LogP contribution in [0.5, 0.6) is 0 Å². The van der Waals surface area contributed by atoms with Crippen LogP contribution in [-0.4, -0.2) is 44.8 Å². The Morgan fingerprint density at radius 2 is 1.36 bits per heavy atom. The zero-order chi connectivity index (χ0) is 32.6. The Hall–Kier alpha value is -1.98. The molecule has 0 radical (unpaired) electrons. The van der Waals surface area contributed by atoms with Crippen molar-refractivity contribution in [3.63, 3.8) is 0 Å². The van der Waals surface area contributed by atoms with Crippen molar-refractivity contribution < 1.29 is 19.7 Å². The molecule has 0 spiro atoms. The first-order chi connectivity index (χ1) is 20.4. The van der Waals surface area contributed by atoms with Gasteiger partial charge in [-0.3, -0.25) is 0 Å². The normalized spacial score (nSPS) is 39.3. The maximum absolute atomic E-state index is 10.3. The number of epoxide rings is 2. The molecule has 4 aliphatic rings. The predicted octanol–water partition coefficient (Wildman–Crippen LogP) is 9.27. The van der Waals surface area contributed by atoms with Crippen LogP contribution in [0.15, 0.2) is 83.6 Å². The van der Waals surface area contributed by atoms with Crippen LogP contribution in [0.4, 0.5) is 0 Å². The molecule has 4 fully saturated rings. The number of aliphatic hydroxyl groups excluding tert-OH is 2. The lowest BCUT2D eigenvalue weighted by molar-refractivity contribution is 0.0318. The lowest BCUT2D eigenvalue weighted by Gasteiger charge is -2.40. The highest BCUT2D eigenvalue weighted by Crippen LogP contribution is 2.68. The van der Waals surface area contributed by atoms with Crippen LogP contribution in [0.1, 0.15) is 114 Å².